The van der Waals surface area contributed by atoms with Crippen LogP contribution < -0.4 is 5.32 Å². The van der Waals surface area contributed by atoms with Crippen molar-refractivity contribution in [3.8, 4) is 5.69 Å². The monoisotopic (exact) mass is 367 g/mol. The molecule has 0 unspecified atom stereocenters. The zero-order valence-corrected chi connectivity index (χ0v) is 16.2. The second-order valence-electron chi connectivity index (χ2n) is 7.75. The third-order valence-corrected chi connectivity index (χ3v) is 5.02. The Morgan fingerprint density at radius 1 is 1.15 bits per heavy atom. The zero-order valence-electron chi connectivity index (χ0n) is 16.2. The van der Waals surface area contributed by atoms with Gasteiger partial charge in [-0.15, -0.1) is 0 Å². The lowest BCUT2D eigenvalue weighted by molar-refractivity contribution is -0.135. The van der Waals surface area contributed by atoms with E-state index < -0.39 is 0 Å². The molecule has 2 aromatic rings. The summed E-state index contributed by atoms with van der Waals surface area (Å²) in [5, 5.41) is 3.00. The van der Waals surface area contributed by atoms with Gasteiger partial charge in [0, 0.05) is 37.7 Å². The van der Waals surface area contributed by atoms with Crippen LogP contribution in [0.15, 0.2) is 48.8 Å². The molecule has 1 aromatic carbocycles. The quantitative estimate of drug-likeness (QED) is 0.853. The molecule has 1 aliphatic heterocycles. The Kier molecular flexibility index (Phi) is 6.32. The average molecular weight is 367 g/mol. The second-order valence-corrected chi connectivity index (χ2v) is 7.75. The zero-order chi connectivity index (χ0) is 19.2. The number of carbonyl (C=O) groups excluding carboxylic acids is 2. The summed E-state index contributed by atoms with van der Waals surface area (Å²) in [6.07, 6.45) is 6.13. The van der Waals surface area contributed by atoms with Crippen molar-refractivity contribution in [1.82, 2.24) is 14.8 Å². The summed E-state index contributed by atoms with van der Waals surface area (Å²) in [5.41, 5.74) is 2.08. The van der Waals surface area contributed by atoms with Crippen molar-refractivity contribution < 1.29 is 9.59 Å². The Morgan fingerprint density at radius 3 is 2.52 bits per heavy atom. The Hall–Kier alpha value is -2.56. The van der Waals surface area contributed by atoms with E-state index in [1.165, 1.54) is 0 Å². The number of amides is 2. The van der Waals surface area contributed by atoms with Crippen LogP contribution in [0, 0.1) is 11.8 Å². The molecule has 0 spiro atoms. The summed E-state index contributed by atoms with van der Waals surface area (Å²) in [6, 6.07) is 12.0. The Labute approximate surface area is 161 Å². The predicted octanol–water partition coefficient (Wildman–Crippen LogP) is 3.03. The molecule has 144 valence electrons. The maximum Gasteiger partial charge on any atom is 0.227 e. The normalized spacial score (nSPS) is 17.1. The third-order valence-electron chi connectivity index (χ3n) is 5.02. The maximum atomic E-state index is 12.7. The van der Waals surface area contributed by atoms with Crippen molar-refractivity contribution in [2.75, 3.05) is 19.6 Å². The first-order chi connectivity index (χ1) is 13.0. The number of likely N-dealkylation sites (tertiary alicyclic amines) is 1. The van der Waals surface area contributed by atoms with Crippen LogP contribution in [0.3, 0.4) is 0 Å². The molecule has 2 amide bonds. The van der Waals surface area contributed by atoms with Gasteiger partial charge in [-0.2, -0.15) is 0 Å². The van der Waals surface area contributed by atoms with Crippen molar-refractivity contribution in [1.29, 1.82) is 0 Å². The maximum absolute atomic E-state index is 12.7. The molecule has 1 aromatic heterocycles. The van der Waals surface area contributed by atoms with Gasteiger partial charge in [-0.25, -0.2) is 0 Å². The fourth-order valence-corrected chi connectivity index (χ4v) is 3.45. The Balaban J connectivity index is 1.55. The molecule has 5 heteroatoms. The first-order valence-corrected chi connectivity index (χ1v) is 9.80. The first-order valence-electron chi connectivity index (χ1n) is 9.80. The molecular formula is C22H29N3O2. The van der Waals surface area contributed by atoms with Crippen LogP contribution >= 0.6 is 0 Å². The Morgan fingerprint density at radius 2 is 1.85 bits per heavy atom. The molecular weight excluding hydrogens is 338 g/mol. The van der Waals surface area contributed by atoms with E-state index in [4.69, 9.17) is 0 Å². The summed E-state index contributed by atoms with van der Waals surface area (Å²) in [7, 11) is 0. The van der Waals surface area contributed by atoms with Gasteiger partial charge in [-0.3, -0.25) is 9.59 Å². The minimum absolute atomic E-state index is 0.0808. The number of nitrogens with one attached hydrogen (secondary N) is 1. The molecule has 1 fully saturated rings. The van der Waals surface area contributed by atoms with Gasteiger partial charge < -0.3 is 14.8 Å². The molecule has 27 heavy (non-hydrogen) atoms. The summed E-state index contributed by atoms with van der Waals surface area (Å²) < 4.78 is 2.04. The van der Waals surface area contributed by atoms with Gasteiger partial charge in [0.25, 0.3) is 0 Å². The van der Waals surface area contributed by atoms with Crippen LogP contribution in [0.2, 0.25) is 0 Å². The van der Waals surface area contributed by atoms with Crippen molar-refractivity contribution in [2.24, 2.45) is 11.8 Å². The molecule has 3 rings (SSSR count). The van der Waals surface area contributed by atoms with Crippen LogP contribution in [-0.2, 0) is 16.0 Å². The van der Waals surface area contributed by atoms with Crippen LogP contribution in [0.4, 0.5) is 0 Å². The minimum Gasteiger partial charge on any atom is -0.356 e. The number of nitrogens with zero attached hydrogens (tertiary/aromatic N) is 2. The molecule has 0 aliphatic carbocycles. The summed E-state index contributed by atoms with van der Waals surface area (Å²) >= 11 is 0. The topological polar surface area (TPSA) is 54.3 Å². The van der Waals surface area contributed by atoms with E-state index >= 15 is 0 Å². The van der Waals surface area contributed by atoms with Gasteiger partial charge in [0.15, 0.2) is 0 Å². The number of hydrogen-bond donors (Lipinski definition) is 1. The largest absolute Gasteiger partial charge is 0.356 e. The predicted molar refractivity (Wildman–Crippen MR) is 107 cm³/mol. The standard InChI is InChI=1S/C22H29N3O2/c1-17(2)15-23-22(27)19-6-5-13-25(16-19)21(26)14-18-7-9-20(10-8-18)24-11-3-4-12-24/h3-4,7-12,17,19H,5-6,13-16H2,1-2H3,(H,23,27)/t19-/m1/s1. The molecule has 1 saturated heterocycles. The highest BCUT2D eigenvalue weighted by molar-refractivity contribution is 5.82. The van der Waals surface area contributed by atoms with Gasteiger partial charge in [-0.1, -0.05) is 26.0 Å². The lowest BCUT2D eigenvalue weighted by Gasteiger charge is -2.32. The van der Waals surface area contributed by atoms with Gasteiger partial charge in [0.05, 0.1) is 12.3 Å². The first kappa shape index (κ1) is 19.2. The number of aromatic nitrogens is 1. The second kappa shape index (κ2) is 8.89. The third kappa shape index (κ3) is 5.22. The van der Waals surface area contributed by atoms with Gasteiger partial charge in [0.2, 0.25) is 11.8 Å². The summed E-state index contributed by atoms with van der Waals surface area (Å²) in [6.45, 7) is 6.13. The molecule has 0 saturated carbocycles. The highest BCUT2D eigenvalue weighted by Crippen LogP contribution is 2.18. The van der Waals surface area contributed by atoms with E-state index in [0.29, 0.717) is 25.4 Å². The molecule has 2 heterocycles. The van der Waals surface area contributed by atoms with Crippen LogP contribution in [0.25, 0.3) is 5.69 Å². The van der Waals surface area contributed by atoms with Crippen molar-refractivity contribution >= 4 is 11.8 Å². The minimum atomic E-state index is -0.0856. The average Bonchev–Trinajstić information content (AvgIpc) is 3.21. The molecule has 0 bridgehead atoms. The number of piperidine rings is 1. The van der Waals surface area contributed by atoms with E-state index in [1.54, 1.807) is 0 Å². The lowest BCUT2D eigenvalue weighted by atomic mass is 9.96. The van der Waals surface area contributed by atoms with Crippen molar-refractivity contribution in [3.63, 3.8) is 0 Å². The van der Waals surface area contributed by atoms with Gasteiger partial charge in [0.1, 0.15) is 0 Å². The SMILES string of the molecule is CC(C)CNC(=O)[C@@H]1CCCN(C(=O)Cc2ccc(-n3cccc3)cc2)C1. The number of carbonyl (C=O) groups is 2. The van der Waals surface area contributed by atoms with Crippen molar-refractivity contribution in [3.05, 3.63) is 54.4 Å². The highest BCUT2D eigenvalue weighted by Gasteiger charge is 2.28. The van der Waals surface area contributed by atoms with Crippen LogP contribution in [0.1, 0.15) is 32.3 Å². The van der Waals surface area contributed by atoms with Crippen LogP contribution in [-0.4, -0.2) is 40.9 Å². The molecule has 1 aliphatic rings. The number of hydrogen-bond acceptors (Lipinski definition) is 2. The van der Waals surface area contributed by atoms with E-state index in [-0.39, 0.29) is 17.7 Å². The van der Waals surface area contributed by atoms with Gasteiger partial charge >= 0.3 is 0 Å². The Bertz CT molecular complexity index is 750. The highest BCUT2D eigenvalue weighted by atomic mass is 16.2. The fraction of sp³-hybridized carbons (Fsp3) is 0.455. The van der Waals surface area contributed by atoms with E-state index in [9.17, 15) is 9.59 Å². The van der Waals surface area contributed by atoms with E-state index in [0.717, 1.165) is 30.6 Å². The molecule has 5 nitrogen and oxygen atoms in total. The summed E-state index contributed by atoms with van der Waals surface area (Å²) in [4.78, 5) is 26.9. The van der Waals surface area contributed by atoms with Crippen molar-refractivity contribution in [2.45, 2.75) is 33.1 Å². The molecule has 1 N–H and O–H groups in total. The molecule has 0 radical (unpaired) electrons. The number of rotatable bonds is 6. The smallest absolute Gasteiger partial charge is 0.227 e. The summed E-state index contributed by atoms with van der Waals surface area (Å²) in [5.74, 6) is 0.532. The van der Waals surface area contributed by atoms with E-state index in [1.807, 2.05) is 58.3 Å². The fourth-order valence-electron chi connectivity index (χ4n) is 3.45. The molecule has 1 atom stereocenters. The van der Waals surface area contributed by atoms with Gasteiger partial charge in [-0.05, 0) is 48.6 Å². The van der Waals surface area contributed by atoms with Crippen LogP contribution in [0.5, 0.6) is 0 Å². The number of benzene rings is 1. The van der Waals surface area contributed by atoms with E-state index in [2.05, 4.69) is 19.2 Å². The lowest BCUT2D eigenvalue weighted by Crippen LogP contribution is -2.46.